The molecule has 4 heteroatoms. The van der Waals surface area contributed by atoms with Crippen LogP contribution in [0.5, 0.6) is 0 Å². The lowest BCUT2D eigenvalue weighted by Crippen LogP contribution is -2.48. The van der Waals surface area contributed by atoms with Crippen LogP contribution in [0, 0.1) is 5.92 Å². The zero-order valence-electron chi connectivity index (χ0n) is 12.1. The second-order valence-corrected chi connectivity index (χ2v) is 6.43. The van der Waals surface area contributed by atoms with Crippen LogP contribution in [0.15, 0.2) is 29.3 Å². The van der Waals surface area contributed by atoms with Crippen molar-refractivity contribution in [1.82, 2.24) is 5.32 Å². The number of fused-ring (bicyclic) bond motifs is 2. The fourth-order valence-corrected chi connectivity index (χ4v) is 4.09. The largest absolute Gasteiger partial charge is 0.469 e. The Kier molecular flexibility index (Phi) is 4.45. The highest BCUT2D eigenvalue weighted by atomic mass is 79.9. The topological polar surface area (TPSA) is 38.3 Å². The standard InChI is InChI=1S/C17H20BrNO2/c1-21-17(20)16-14(10-13-6-7-15(16)19-13)12-4-2-11(3-5-12)8-9-18/h2-5,8-9,13-16,19H,6-7,10H2,1H3/b9-8-. The molecule has 3 rings (SSSR count). The molecule has 2 fully saturated rings. The van der Waals surface area contributed by atoms with E-state index < -0.39 is 0 Å². The van der Waals surface area contributed by atoms with E-state index >= 15 is 0 Å². The molecule has 2 heterocycles. The van der Waals surface area contributed by atoms with Gasteiger partial charge in [-0.3, -0.25) is 4.79 Å². The van der Waals surface area contributed by atoms with Crippen LogP contribution < -0.4 is 5.32 Å². The van der Waals surface area contributed by atoms with Gasteiger partial charge in [-0.05, 0) is 41.5 Å². The van der Waals surface area contributed by atoms with Crippen LogP contribution >= 0.6 is 15.9 Å². The van der Waals surface area contributed by atoms with Gasteiger partial charge in [0, 0.05) is 18.0 Å². The summed E-state index contributed by atoms with van der Waals surface area (Å²) in [4.78, 5) is 14.1. The van der Waals surface area contributed by atoms with Gasteiger partial charge in [0.05, 0.1) is 13.0 Å². The number of ether oxygens (including phenoxy) is 1. The fraction of sp³-hybridized carbons (Fsp3) is 0.471. The van der Waals surface area contributed by atoms with E-state index in [2.05, 4.69) is 45.5 Å². The van der Waals surface area contributed by atoms with Crippen molar-refractivity contribution >= 4 is 28.0 Å². The second kappa shape index (κ2) is 6.32. The first-order valence-corrected chi connectivity index (χ1v) is 8.35. The SMILES string of the molecule is COC(=O)C1C2CCC(CC1c1ccc(/C=C\Br)cc1)N2. The molecule has 1 aromatic carbocycles. The quantitative estimate of drug-likeness (QED) is 0.849. The highest BCUT2D eigenvalue weighted by Gasteiger charge is 2.46. The van der Waals surface area contributed by atoms with E-state index in [-0.39, 0.29) is 23.8 Å². The number of rotatable bonds is 3. The minimum Gasteiger partial charge on any atom is -0.469 e. The molecule has 0 spiro atoms. The number of esters is 1. The van der Waals surface area contributed by atoms with Crippen LogP contribution in [0.4, 0.5) is 0 Å². The van der Waals surface area contributed by atoms with Gasteiger partial charge >= 0.3 is 5.97 Å². The highest BCUT2D eigenvalue weighted by molar-refractivity contribution is 9.11. The number of piperidine rings is 1. The van der Waals surface area contributed by atoms with E-state index in [4.69, 9.17) is 4.74 Å². The van der Waals surface area contributed by atoms with E-state index in [0.717, 1.165) is 18.4 Å². The van der Waals surface area contributed by atoms with Gasteiger partial charge in [0.1, 0.15) is 0 Å². The number of carbonyl (C=O) groups excluding carboxylic acids is 1. The molecule has 2 saturated heterocycles. The van der Waals surface area contributed by atoms with Gasteiger partial charge in [-0.25, -0.2) is 0 Å². The van der Waals surface area contributed by atoms with Crippen molar-refractivity contribution in [3.05, 3.63) is 40.4 Å². The normalized spacial score (nSPS) is 31.5. The van der Waals surface area contributed by atoms with Crippen LogP contribution in [0.25, 0.3) is 6.08 Å². The van der Waals surface area contributed by atoms with Crippen LogP contribution in [0.1, 0.15) is 36.3 Å². The van der Waals surface area contributed by atoms with Gasteiger partial charge in [0.15, 0.2) is 0 Å². The van der Waals surface area contributed by atoms with Crippen LogP contribution in [0.2, 0.25) is 0 Å². The summed E-state index contributed by atoms with van der Waals surface area (Å²) in [5.41, 5.74) is 2.40. The summed E-state index contributed by atoms with van der Waals surface area (Å²) in [5, 5.41) is 3.57. The summed E-state index contributed by atoms with van der Waals surface area (Å²) < 4.78 is 5.06. The number of hydrogen-bond acceptors (Lipinski definition) is 3. The van der Waals surface area contributed by atoms with E-state index in [1.54, 1.807) is 0 Å². The van der Waals surface area contributed by atoms with Crippen molar-refractivity contribution in [3.8, 4) is 0 Å². The van der Waals surface area contributed by atoms with Crippen molar-refractivity contribution in [2.75, 3.05) is 7.11 Å². The minimum atomic E-state index is -0.0812. The van der Waals surface area contributed by atoms with Crippen molar-refractivity contribution in [3.63, 3.8) is 0 Å². The summed E-state index contributed by atoms with van der Waals surface area (Å²) >= 11 is 3.29. The molecular formula is C17H20BrNO2. The summed E-state index contributed by atoms with van der Waals surface area (Å²) in [6.07, 6.45) is 5.27. The Morgan fingerprint density at radius 2 is 2.10 bits per heavy atom. The molecule has 3 nitrogen and oxygen atoms in total. The average Bonchev–Trinajstić information content (AvgIpc) is 2.89. The molecule has 0 aliphatic carbocycles. The third-order valence-electron chi connectivity index (χ3n) is 4.77. The lowest BCUT2D eigenvalue weighted by atomic mass is 9.77. The molecule has 4 unspecified atom stereocenters. The first kappa shape index (κ1) is 14.8. The number of methoxy groups -OCH3 is 1. The van der Waals surface area contributed by atoms with Gasteiger partial charge in [0.25, 0.3) is 0 Å². The summed E-state index contributed by atoms with van der Waals surface area (Å²) in [7, 11) is 1.49. The molecule has 112 valence electrons. The molecule has 0 amide bonds. The lowest BCUT2D eigenvalue weighted by molar-refractivity contribution is -0.148. The van der Waals surface area contributed by atoms with Crippen molar-refractivity contribution in [2.24, 2.45) is 5.92 Å². The first-order valence-electron chi connectivity index (χ1n) is 7.43. The Balaban J connectivity index is 1.88. The van der Waals surface area contributed by atoms with Crippen LogP contribution in [0.3, 0.4) is 0 Å². The summed E-state index contributed by atoms with van der Waals surface area (Å²) in [6, 6.07) is 9.31. The van der Waals surface area contributed by atoms with Gasteiger partial charge in [-0.15, -0.1) is 0 Å². The summed E-state index contributed by atoms with van der Waals surface area (Å²) in [6.45, 7) is 0. The zero-order valence-corrected chi connectivity index (χ0v) is 13.7. The van der Waals surface area contributed by atoms with E-state index in [0.29, 0.717) is 6.04 Å². The number of hydrogen-bond donors (Lipinski definition) is 1. The molecule has 0 radical (unpaired) electrons. The minimum absolute atomic E-state index is 0.0636. The highest BCUT2D eigenvalue weighted by Crippen LogP contribution is 2.42. The maximum atomic E-state index is 12.2. The van der Waals surface area contributed by atoms with Crippen LogP contribution in [-0.2, 0) is 9.53 Å². The van der Waals surface area contributed by atoms with Crippen molar-refractivity contribution < 1.29 is 9.53 Å². The van der Waals surface area contributed by atoms with Crippen molar-refractivity contribution in [1.29, 1.82) is 0 Å². The molecule has 0 aromatic heterocycles. The number of carbonyl (C=O) groups is 1. The third kappa shape index (κ3) is 2.92. The molecule has 2 bridgehead atoms. The van der Waals surface area contributed by atoms with Gasteiger partial charge < -0.3 is 10.1 Å². The maximum Gasteiger partial charge on any atom is 0.310 e. The molecule has 2 aliphatic rings. The lowest BCUT2D eigenvalue weighted by Gasteiger charge is -2.36. The van der Waals surface area contributed by atoms with Gasteiger partial charge in [0.2, 0.25) is 0 Å². The number of benzene rings is 1. The van der Waals surface area contributed by atoms with Crippen molar-refractivity contribution in [2.45, 2.75) is 37.3 Å². The van der Waals surface area contributed by atoms with Gasteiger partial charge in [-0.2, -0.15) is 0 Å². The third-order valence-corrected chi connectivity index (χ3v) is 5.04. The average molecular weight is 350 g/mol. The molecule has 2 aliphatic heterocycles. The monoisotopic (exact) mass is 349 g/mol. The summed E-state index contributed by atoms with van der Waals surface area (Å²) in [5.74, 6) is 0.117. The fourth-order valence-electron chi connectivity index (χ4n) is 3.79. The Morgan fingerprint density at radius 3 is 2.76 bits per heavy atom. The Morgan fingerprint density at radius 1 is 1.33 bits per heavy atom. The molecule has 1 aromatic rings. The molecule has 0 saturated carbocycles. The Hall–Kier alpha value is -1.13. The van der Waals surface area contributed by atoms with Crippen LogP contribution in [-0.4, -0.2) is 25.2 Å². The predicted octanol–water partition coefficient (Wildman–Crippen LogP) is 3.45. The molecular weight excluding hydrogens is 330 g/mol. The van der Waals surface area contributed by atoms with Gasteiger partial charge in [-0.1, -0.05) is 40.2 Å². The number of halogens is 1. The molecule has 4 atom stereocenters. The Labute approximate surface area is 133 Å². The predicted molar refractivity (Wildman–Crippen MR) is 87.2 cm³/mol. The smallest absolute Gasteiger partial charge is 0.310 e. The maximum absolute atomic E-state index is 12.2. The zero-order chi connectivity index (χ0) is 14.8. The second-order valence-electron chi connectivity index (χ2n) is 5.90. The van der Waals surface area contributed by atoms with E-state index in [1.807, 2.05) is 11.1 Å². The molecule has 1 N–H and O–H groups in total. The first-order chi connectivity index (χ1) is 10.2. The molecule has 21 heavy (non-hydrogen) atoms. The van der Waals surface area contributed by atoms with E-state index in [9.17, 15) is 4.79 Å². The van der Waals surface area contributed by atoms with E-state index in [1.165, 1.54) is 19.1 Å². The Bertz CT molecular complexity index is 540. The number of nitrogens with one attached hydrogen (secondary N) is 1.